The molecule has 3 amide bonds. The predicted octanol–water partition coefficient (Wildman–Crippen LogP) is 1.79. The molecule has 1 saturated heterocycles. The van der Waals surface area contributed by atoms with Crippen molar-refractivity contribution in [1.82, 2.24) is 4.90 Å². The molecule has 0 saturated carbocycles. The molecule has 0 bridgehead atoms. The zero-order valence-corrected chi connectivity index (χ0v) is 13.6. The van der Waals surface area contributed by atoms with E-state index >= 15 is 0 Å². The maximum Gasteiger partial charge on any atom is 0.244 e. The highest BCUT2D eigenvalue weighted by molar-refractivity contribution is 6.01. The van der Waals surface area contributed by atoms with E-state index in [0.29, 0.717) is 24.9 Å². The van der Waals surface area contributed by atoms with E-state index in [0.717, 1.165) is 12.0 Å². The van der Waals surface area contributed by atoms with Gasteiger partial charge in [-0.05, 0) is 31.0 Å². The molecule has 0 spiro atoms. The number of nitrogens with one attached hydrogen (secondary N) is 1. The average Bonchev–Trinajstić information content (AvgIpc) is 2.81. The first kappa shape index (κ1) is 17.1. The van der Waals surface area contributed by atoms with Gasteiger partial charge in [0.1, 0.15) is 0 Å². The van der Waals surface area contributed by atoms with Gasteiger partial charge in [0.25, 0.3) is 0 Å². The fourth-order valence-corrected chi connectivity index (χ4v) is 2.58. The molecule has 0 radical (unpaired) electrons. The number of imide groups is 1. The number of nitrogens with zero attached hydrogens (tertiary/aromatic N) is 1. The molecule has 1 atom stereocenters. The van der Waals surface area contributed by atoms with Crippen LogP contribution in [0.3, 0.4) is 0 Å². The number of nitrogens with two attached hydrogens (primary N) is 1. The van der Waals surface area contributed by atoms with E-state index in [2.05, 4.69) is 5.32 Å². The highest BCUT2D eigenvalue weighted by Crippen LogP contribution is 2.18. The molecule has 1 aromatic carbocycles. The lowest BCUT2D eigenvalue weighted by molar-refractivity contribution is -0.139. The Morgan fingerprint density at radius 1 is 1.22 bits per heavy atom. The number of likely N-dealkylation sites (tertiary alicyclic amines) is 1. The van der Waals surface area contributed by atoms with Crippen LogP contribution < -0.4 is 11.1 Å². The molecule has 1 fully saturated rings. The van der Waals surface area contributed by atoms with E-state index in [1.807, 2.05) is 6.92 Å². The topological polar surface area (TPSA) is 92.5 Å². The molecule has 124 valence electrons. The van der Waals surface area contributed by atoms with E-state index in [1.54, 1.807) is 31.2 Å². The van der Waals surface area contributed by atoms with Crippen molar-refractivity contribution in [3.05, 3.63) is 29.8 Å². The normalized spacial score (nSPS) is 17.3. The minimum atomic E-state index is -0.901. The summed E-state index contributed by atoms with van der Waals surface area (Å²) in [5.41, 5.74) is 6.58. The van der Waals surface area contributed by atoms with Gasteiger partial charge < -0.3 is 11.1 Å². The van der Waals surface area contributed by atoms with Crippen molar-refractivity contribution in [2.75, 3.05) is 5.32 Å². The predicted molar refractivity (Wildman–Crippen MR) is 87.4 cm³/mol. The Morgan fingerprint density at radius 3 is 2.30 bits per heavy atom. The molecular formula is C17H23N3O3. The smallest absolute Gasteiger partial charge is 0.244 e. The molecule has 6 heteroatoms. The fraction of sp³-hybridized carbons (Fsp3) is 0.471. The number of anilines is 1. The summed E-state index contributed by atoms with van der Waals surface area (Å²) in [5, 5.41) is 2.79. The number of rotatable bonds is 6. The third-order valence-electron chi connectivity index (χ3n) is 4.00. The Balaban J connectivity index is 1.98. The van der Waals surface area contributed by atoms with Crippen LogP contribution in [-0.2, 0) is 20.9 Å². The molecule has 2 rings (SSSR count). The number of amides is 3. The van der Waals surface area contributed by atoms with Crippen LogP contribution in [0.15, 0.2) is 24.3 Å². The Labute approximate surface area is 136 Å². The van der Waals surface area contributed by atoms with E-state index in [9.17, 15) is 14.4 Å². The van der Waals surface area contributed by atoms with Gasteiger partial charge in [-0.25, -0.2) is 0 Å². The highest BCUT2D eigenvalue weighted by Gasteiger charge is 2.29. The summed E-state index contributed by atoms with van der Waals surface area (Å²) in [6.07, 6.45) is 2.02. The van der Waals surface area contributed by atoms with Gasteiger partial charge in [-0.2, -0.15) is 0 Å². The first-order valence-electron chi connectivity index (χ1n) is 7.86. The van der Waals surface area contributed by atoms with Crippen molar-refractivity contribution in [2.24, 2.45) is 5.73 Å². The number of hydrogen-bond acceptors (Lipinski definition) is 4. The van der Waals surface area contributed by atoms with Crippen LogP contribution in [0.2, 0.25) is 0 Å². The van der Waals surface area contributed by atoms with Gasteiger partial charge >= 0.3 is 0 Å². The standard InChI is InChI=1S/C17H23N3O3/c1-3-10-17(2,18)16(23)19-13-6-4-12(5-7-13)11-20-14(21)8-9-15(20)22/h4-7H,3,8-11,18H2,1-2H3,(H,19,23). The minimum Gasteiger partial charge on any atom is -0.325 e. The van der Waals surface area contributed by atoms with Gasteiger partial charge in [0.05, 0.1) is 12.1 Å². The molecule has 3 N–H and O–H groups in total. The van der Waals surface area contributed by atoms with E-state index in [1.165, 1.54) is 4.90 Å². The molecule has 1 heterocycles. The maximum absolute atomic E-state index is 12.1. The fourth-order valence-electron chi connectivity index (χ4n) is 2.58. The maximum atomic E-state index is 12.1. The van der Waals surface area contributed by atoms with Crippen LogP contribution in [0, 0.1) is 0 Å². The lowest BCUT2D eigenvalue weighted by Gasteiger charge is -2.23. The van der Waals surface area contributed by atoms with Gasteiger partial charge in [-0.3, -0.25) is 19.3 Å². The Morgan fingerprint density at radius 2 is 1.78 bits per heavy atom. The lowest BCUT2D eigenvalue weighted by Crippen LogP contribution is -2.48. The molecule has 6 nitrogen and oxygen atoms in total. The van der Waals surface area contributed by atoms with Gasteiger partial charge in [0.2, 0.25) is 17.7 Å². The largest absolute Gasteiger partial charge is 0.325 e. The van der Waals surface area contributed by atoms with Crippen molar-refractivity contribution >= 4 is 23.4 Å². The van der Waals surface area contributed by atoms with Gasteiger partial charge in [0, 0.05) is 18.5 Å². The van der Waals surface area contributed by atoms with E-state index < -0.39 is 5.54 Å². The molecule has 0 aromatic heterocycles. The van der Waals surface area contributed by atoms with Gasteiger partial charge in [-0.1, -0.05) is 25.5 Å². The van der Waals surface area contributed by atoms with Crippen molar-refractivity contribution < 1.29 is 14.4 Å². The quantitative estimate of drug-likeness (QED) is 0.782. The zero-order valence-electron chi connectivity index (χ0n) is 13.6. The number of hydrogen-bond donors (Lipinski definition) is 2. The third-order valence-corrected chi connectivity index (χ3v) is 4.00. The zero-order chi connectivity index (χ0) is 17.0. The molecule has 0 aliphatic carbocycles. The van der Waals surface area contributed by atoms with Crippen LogP contribution in [0.4, 0.5) is 5.69 Å². The second kappa shape index (κ2) is 6.91. The van der Waals surface area contributed by atoms with Crippen LogP contribution in [0.25, 0.3) is 0 Å². The molecule has 1 aromatic rings. The Hall–Kier alpha value is -2.21. The Kier molecular flexibility index (Phi) is 5.15. The molecule has 1 aliphatic heterocycles. The monoisotopic (exact) mass is 317 g/mol. The first-order chi connectivity index (χ1) is 10.8. The number of benzene rings is 1. The number of carbonyl (C=O) groups excluding carboxylic acids is 3. The summed E-state index contributed by atoms with van der Waals surface area (Å²) >= 11 is 0. The molecule has 23 heavy (non-hydrogen) atoms. The first-order valence-corrected chi connectivity index (χ1v) is 7.86. The minimum absolute atomic E-state index is 0.133. The number of carbonyl (C=O) groups is 3. The van der Waals surface area contributed by atoms with Crippen LogP contribution in [-0.4, -0.2) is 28.2 Å². The Bertz CT molecular complexity index is 592. The van der Waals surface area contributed by atoms with E-state index in [4.69, 9.17) is 5.73 Å². The SMILES string of the molecule is CCCC(C)(N)C(=O)Nc1ccc(CN2C(=O)CCC2=O)cc1. The van der Waals surface area contributed by atoms with Crippen molar-refractivity contribution in [1.29, 1.82) is 0 Å². The summed E-state index contributed by atoms with van der Waals surface area (Å²) in [6.45, 7) is 3.97. The van der Waals surface area contributed by atoms with E-state index in [-0.39, 0.29) is 24.3 Å². The van der Waals surface area contributed by atoms with Gasteiger partial charge in [-0.15, -0.1) is 0 Å². The van der Waals surface area contributed by atoms with Crippen molar-refractivity contribution in [3.63, 3.8) is 0 Å². The summed E-state index contributed by atoms with van der Waals surface area (Å²) < 4.78 is 0. The molecule has 1 aliphatic rings. The second-order valence-corrected chi connectivity index (χ2v) is 6.19. The van der Waals surface area contributed by atoms with Gasteiger partial charge in [0.15, 0.2) is 0 Å². The molecular weight excluding hydrogens is 294 g/mol. The summed E-state index contributed by atoms with van der Waals surface area (Å²) in [7, 11) is 0. The highest BCUT2D eigenvalue weighted by atomic mass is 16.2. The third kappa shape index (κ3) is 4.16. The van der Waals surface area contributed by atoms with Crippen LogP contribution in [0.1, 0.15) is 45.1 Å². The summed E-state index contributed by atoms with van der Waals surface area (Å²) in [4.78, 5) is 36.6. The second-order valence-electron chi connectivity index (χ2n) is 6.19. The van der Waals surface area contributed by atoms with Crippen LogP contribution >= 0.6 is 0 Å². The molecule has 1 unspecified atom stereocenters. The summed E-state index contributed by atoms with van der Waals surface area (Å²) in [6, 6.07) is 7.09. The van der Waals surface area contributed by atoms with Crippen molar-refractivity contribution in [3.8, 4) is 0 Å². The lowest BCUT2D eigenvalue weighted by atomic mass is 9.96. The van der Waals surface area contributed by atoms with Crippen LogP contribution in [0.5, 0.6) is 0 Å². The average molecular weight is 317 g/mol. The van der Waals surface area contributed by atoms with Crippen molar-refractivity contribution in [2.45, 2.75) is 51.6 Å². The summed E-state index contributed by atoms with van der Waals surface area (Å²) in [5.74, 6) is -0.492.